The molecule has 2 amide bonds. The summed E-state index contributed by atoms with van der Waals surface area (Å²) in [7, 11) is 3.98. The fourth-order valence-corrected chi connectivity index (χ4v) is 6.09. The SMILES string of the molecule is CC(NC(=O)CCCCC1CCSS1)c1ccc(NC(=O)C2CC2)cc1. The van der Waals surface area contributed by atoms with Crippen LogP contribution in [0.5, 0.6) is 0 Å². The van der Waals surface area contributed by atoms with Crippen LogP contribution in [0.25, 0.3) is 0 Å². The normalized spacial score (nSPS) is 20.6. The Labute approximate surface area is 164 Å². The molecule has 1 aromatic carbocycles. The highest BCUT2D eigenvalue weighted by atomic mass is 33.1. The second-order valence-electron chi connectivity index (χ2n) is 7.25. The van der Waals surface area contributed by atoms with Crippen LogP contribution in [0.15, 0.2) is 24.3 Å². The molecule has 2 fully saturated rings. The number of amides is 2. The summed E-state index contributed by atoms with van der Waals surface area (Å²) in [6.45, 7) is 2.00. The summed E-state index contributed by atoms with van der Waals surface area (Å²) in [5.74, 6) is 1.72. The van der Waals surface area contributed by atoms with Crippen molar-refractivity contribution in [3.63, 3.8) is 0 Å². The average molecular weight is 393 g/mol. The highest BCUT2D eigenvalue weighted by Crippen LogP contribution is 2.39. The van der Waals surface area contributed by atoms with Gasteiger partial charge in [-0.3, -0.25) is 9.59 Å². The van der Waals surface area contributed by atoms with Crippen LogP contribution in [-0.2, 0) is 9.59 Å². The number of unbranched alkanes of at least 4 members (excludes halogenated alkanes) is 1. The zero-order valence-corrected chi connectivity index (χ0v) is 17.0. The average Bonchev–Trinajstić information content (AvgIpc) is 3.36. The van der Waals surface area contributed by atoms with Gasteiger partial charge in [-0.15, -0.1) is 0 Å². The zero-order chi connectivity index (χ0) is 18.4. The molecule has 26 heavy (non-hydrogen) atoms. The van der Waals surface area contributed by atoms with E-state index in [1.807, 2.05) is 52.8 Å². The first kappa shape index (κ1) is 19.6. The van der Waals surface area contributed by atoms with Crippen molar-refractivity contribution in [1.29, 1.82) is 0 Å². The smallest absolute Gasteiger partial charge is 0.227 e. The summed E-state index contributed by atoms with van der Waals surface area (Å²) in [5, 5.41) is 6.81. The molecule has 4 nitrogen and oxygen atoms in total. The Kier molecular flexibility index (Phi) is 7.32. The van der Waals surface area contributed by atoms with Gasteiger partial charge in [-0.2, -0.15) is 0 Å². The number of hydrogen-bond donors (Lipinski definition) is 2. The molecule has 6 heteroatoms. The predicted octanol–water partition coefficient (Wildman–Crippen LogP) is 4.93. The third-order valence-corrected chi connectivity index (χ3v) is 7.92. The lowest BCUT2D eigenvalue weighted by atomic mass is 10.1. The van der Waals surface area contributed by atoms with E-state index in [-0.39, 0.29) is 23.8 Å². The van der Waals surface area contributed by atoms with Gasteiger partial charge in [0, 0.05) is 29.0 Å². The van der Waals surface area contributed by atoms with Crippen LogP contribution >= 0.6 is 21.6 Å². The fourth-order valence-electron chi connectivity index (χ4n) is 3.06. The van der Waals surface area contributed by atoms with Crippen LogP contribution in [0.2, 0.25) is 0 Å². The van der Waals surface area contributed by atoms with Crippen molar-refractivity contribution in [2.45, 2.75) is 63.2 Å². The van der Waals surface area contributed by atoms with E-state index in [9.17, 15) is 9.59 Å². The maximum Gasteiger partial charge on any atom is 0.227 e. The van der Waals surface area contributed by atoms with E-state index in [1.165, 1.54) is 18.6 Å². The number of benzene rings is 1. The minimum Gasteiger partial charge on any atom is -0.350 e. The first-order valence-corrected chi connectivity index (χ1v) is 12.0. The second kappa shape index (κ2) is 9.70. The molecule has 1 aliphatic carbocycles. The largest absolute Gasteiger partial charge is 0.350 e. The van der Waals surface area contributed by atoms with Crippen LogP contribution in [0.3, 0.4) is 0 Å². The molecule has 1 saturated carbocycles. The molecule has 0 spiro atoms. The summed E-state index contributed by atoms with van der Waals surface area (Å²) in [4.78, 5) is 23.9. The maximum atomic E-state index is 12.1. The highest BCUT2D eigenvalue weighted by molar-refractivity contribution is 8.77. The third-order valence-electron chi connectivity index (χ3n) is 4.91. The molecule has 1 aromatic rings. The first-order chi connectivity index (χ1) is 12.6. The van der Waals surface area contributed by atoms with E-state index in [2.05, 4.69) is 10.6 Å². The van der Waals surface area contributed by atoms with E-state index >= 15 is 0 Å². The third kappa shape index (κ3) is 6.23. The van der Waals surface area contributed by atoms with Crippen molar-refractivity contribution >= 4 is 39.1 Å². The first-order valence-electron chi connectivity index (χ1n) is 9.60. The Morgan fingerprint density at radius 2 is 1.92 bits per heavy atom. The second-order valence-corrected chi connectivity index (χ2v) is 10.0. The van der Waals surface area contributed by atoms with E-state index < -0.39 is 0 Å². The molecule has 1 aliphatic heterocycles. The monoisotopic (exact) mass is 392 g/mol. The Morgan fingerprint density at radius 1 is 1.15 bits per heavy atom. The van der Waals surface area contributed by atoms with Gasteiger partial charge >= 0.3 is 0 Å². The molecule has 3 rings (SSSR count). The molecule has 0 radical (unpaired) electrons. The van der Waals surface area contributed by atoms with E-state index in [1.54, 1.807) is 0 Å². The summed E-state index contributed by atoms with van der Waals surface area (Å²) in [6.07, 6.45) is 7.26. The lowest BCUT2D eigenvalue weighted by molar-refractivity contribution is -0.122. The molecular formula is C20H28N2O2S2. The van der Waals surface area contributed by atoms with Crippen LogP contribution in [0, 0.1) is 5.92 Å². The zero-order valence-electron chi connectivity index (χ0n) is 15.3. The van der Waals surface area contributed by atoms with Gasteiger partial charge in [-0.1, -0.05) is 40.1 Å². The van der Waals surface area contributed by atoms with Gasteiger partial charge < -0.3 is 10.6 Å². The van der Waals surface area contributed by atoms with Gasteiger partial charge in [-0.25, -0.2) is 0 Å². The molecule has 2 unspecified atom stereocenters. The number of carbonyl (C=O) groups excluding carboxylic acids is 2. The minimum atomic E-state index is -0.0162. The molecule has 2 aliphatic rings. The van der Waals surface area contributed by atoms with Crippen LogP contribution in [0.4, 0.5) is 5.69 Å². The molecule has 142 valence electrons. The van der Waals surface area contributed by atoms with Gasteiger partial charge in [0.2, 0.25) is 11.8 Å². The minimum absolute atomic E-state index is 0.0162. The van der Waals surface area contributed by atoms with Crippen LogP contribution in [0.1, 0.15) is 63.5 Å². The Morgan fingerprint density at radius 3 is 2.58 bits per heavy atom. The maximum absolute atomic E-state index is 12.1. The Hall–Kier alpha value is -1.14. The van der Waals surface area contributed by atoms with Crippen LogP contribution < -0.4 is 10.6 Å². The van der Waals surface area contributed by atoms with Gasteiger partial charge in [-0.05, 0) is 56.7 Å². The number of anilines is 1. The summed E-state index contributed by atoms with van der Waals surface area (Å²) < 4.78 is 0. The lowest BCUT2D eigenvalue weighted by Gasteiger charge is -2.15. The molecular weight excluding hydrogens is 364 g/mol. The molecule has 2 N–H and O–H groups in total. The van der Waals surface area contributed by atoms with Crippen molar-refractivity contribution in [3.05, 3.63) is 29.8 Å². The Bertz CT molecular complexity index is 611. The Balaban J connectivity index is 1.35. The van der Waals surface area contributed by atoms with Crippen molar-refractivity contribution in [2.75, 3.05) is 11.1 Å². The van der Waals surface area contributed by atoms with Gasteiger partial charge in [0.1, 0.15) is 0 Å². The number of rotatable bonds is 9. The summed E-state index contributed by atoms with van der Waals surface area (Å²) >= 11 is 0. The quantitative estimate of drug-likeness (QED) is 0.462. The van der Waals surface area contributed by atoms with Gasteiger partial charge in [0.05, 0.1) is 6.04 Å². The van der Waals surface area contributed by atoms with Crippen LogP contribution in [-0.4, -0.2) is 22.8 Å². The number of carbonyl (C=O) groups is 2. The predicted molar refractivity (Wildman–Crippen MR) is 111 cm³/mol. The topological polar surface area (TPSA) is 58.2 Å². The van der Waals surface area contributed by atoms with E-state index in [0.717, 1.165) is 42.2 Å². The number of nitrogens with one attached hydrogen (secondary N) is 2. The van der Waals surface area contributed by atoms with E-state index in [4.69, 9.17) is 0 Å². The van der Waals surface area contributed by atoms with Gasteiger partial charge in [0.15, 0.2) is 0 Å². The molecule has 1 heterocycles. The van der Waals surface area contributed by atoms with Gasteiger partial charge in [0.25, 0.3) is 0 Å². The van der Waals surface area contributed by atoms with Crippen molar-refractivity contribution in [3.8, 4) is 0 Å². The standard InChI is InChI=1S/C20H28N2O2S2/c1-14(21-19(23)5-3-2-4-18-12-13-25-26-18)15-8-10-17(11-9-15)22-20(24)16-6-7-16/h8-11,14,16,18H,2-7,12-13H2,1H3,(H,21,23)(H,22,24). The number of hydrogen-bond acceptors (Lipinski definition) is 4. The van der Waals surface area contributed by atoms with Crippen molar-refractivity contribution in [1.82, 2.24) is 5.32 Å². The molecule has 0 bridgehead atoms. The fraction of sp³-hybridized carbons (Fsp3) is 0.600. The lowest BCUT2D eigenvalue weighted by Crippen LogP contribution is -2.26. The van der Waals surface area contributed by atoms with Crippen molar-refractivity contribution in [2.24, 2.45) is 5.92 Å². The summed E-state index contributed by atoms with van der Waals surface area (Å²) in [6, 6.07) is 7.76. The molecule has 2 atom stereocenters. The molecule has 1 saturated heterocycles. The summed E-state index contributed by atoms with van der Waals surface area (Å²) in [5.41, 5.74) is 1.88. The molecule has 0 aromatic heterocycles. The van der Waals surface area contributed by atoms with E-state index in [0.29, 0.717) is 6.42 Å². The van der Waals surface area contributed by atoms with Crippen molar-refractivity contribution < 1.29 is 9.59 Å². The highest BCUT2D eigenvalue weighted by Gasteiger charge is 2.29.